The molecule has 0 saturated carbocycles. The van der Waals surface area contributed by atoms with E-state index in [1.807, 2.05) is 11.3 Å². The molecule has 1 aromatic rings. The normalized spacial score (nSPS) is 21.8. The summed E-state index contributed by atoms with van der Waals surface area (Å²) < 4.78 is 5.54. The number of ether oxygens (including phenoxy) is 1. The van der Waals surface area contributed by atoms with Gasteiger partial charge < -0.3 is 10.5 Å². The van der Waals surface area contributed by atoms with Crippen molar-refractivity contribution < 1.29 is 4.74 Å². The molecule has 3 nitrogen and oxygen atoms in total. The smallest absolute Gasteiger partial charge is 0.0824 e. The molecule has 0 aliphatic carbocycles. The summed E-state index contributed by atoms with van der Waals surface area (Å²) in [4.78, 5) is 3.90. The molecule has 16 heavy (non-hydrogen) atoms. The molecular weight excluding hydrogens is 244 g/mol. The van der Waals surface area contributed by atoms with Crippen molar-refractivity contribution in [2.45, 2.75) is 19.6 Å². The molecule has 1 unspecified atom stereocenters. The summed E-state index contributed by atoms with van der Waals surface area (Å²) in [7, 11) is 0. The maximum absolute atomic E-state index is 5.62. The standard InChI is InChI=1S/C11H18N2OS.ClH/c1-9-2-5-15-11(9)8-13-3-4-14-10(6-12)7-13;/h2,5,10H,3-4,6-8,12H2,1H3;1H. The number of nitrogens with zero attached hydrogens (tertiary/aromatic N) is 1. The van der Waals surface area contributed by atoms with Crippen LogP contribution in [-0.2, 0) is 11.3 Å². The first kappa shape index (κ1) is 13.9. The van der Waals surface area contributed by atoms with Crippen molar-refractivity contribution in [2.24, 2.45) is 5.73 Å². The van der Waals surface area contributed by atoms with Crippen molar-refractivity contribution in [1.29, 1.82) is 0 Å². The van der Waals surface area contributed by atoms with Gasteiger partial charge in [0.25, 0.3) is 0 Å². The lowest BCUT2D eigenvalue weighted by atomic mass is 10.2. The molecule has 0 radical (unpaired) electrons. The average Bonchev–Trinajstić information content (AvgIpc) is 2.65. The number of hydrogen-bond donors (Lipinski definition) is 1. The van der Waals surface area contributed by atoms with Crippen LogP contribution in [0.2, 0.25) is 0 Å². The van der Waals surface area contributed by atoms with E-state index in [0.29, 0.717) is 6.54 Å². The quantitative estimate of drug-likeness (QED) is 0.900. The molecule has 1 atom stereocenters. The summed E-state index contributed by atoms with van der Waals surface area (Å²) in [5.41, 5.74) is 7.02. The predicted molar refractivity (Wildman–Crippen MR) is 70.4 cm³/mol. The topological polar surface area (TPSA) is 38.5 Å². The fraction of sp³-hybridized carbons (Fsp3) is 0.636. The van der Waals surface area contributed by atoms with E-state index < -0.39 is 0 Å². The largest absolute Gasteiger partial charge is 0.374 e. The van der Waals surface area contributed by atoms with Crippen molar-refractivity contribution >= 4 is 23.7 Å². The molecular formula is C11H19ClN2OS. The van der Waals surface area contributed by atoms with Crippen LogP contribution < -0.4 is 5.73 Å². The highest BCUT2D eigenvalue weighted by atomic mass is 35.5. The molecule has 0 amide bonds. The van der Waals surface area contributed by atoms with Crippen LogP contribution in [0.15, 0.2) is 11.4 Å². The van der Waals surface area contributed by atoms with E-state index in [-0.39, 0.29) is 18.5 Å². The van der Waals surface area contributed by atoms with Crippen LogP contribution in [0.5, 0.6) is 0 Å². The Morgan fingerprint density at radius 3 is 3.06 bits per heavy atom. The maximum Gasteiger partial charge on any atom is 0.0824 e. The highest BCUT2D eigenvalue weighted by Crippen LogP contribution is 2.19. The Hall–Kier alpha value is -0.130. The van der Waals surface area contributed by atoms with Gasteiger partial charge in [0.2, 0.25) is 0 Å². The van der Waals surface area contributed by atoms with Gasteiger partial charge in [-0.1, -0.05) is 0 Å². The lowest BCUT2D eigenvalue weighted by molar-refractivity contribution is -0.0257. The van der Waals surface area contributed by atoms with E-state index in [9.17, 15) is 0 Å². The zero-order valence-electron chi connectivity index (χ0n) is 9.52. The van der Waals surface area contributed by atoms with Crippen LogP contribution in [0, 0.1) is 6.92 Å². The van der Waals surface area contributed by atoms with Gasteiger partial charge in [-0.05, 0) is 23.9 Å². The molecule has 92 valence electrons. The second-order valence-corrected chi connectivity index (χ2v) is 4.99. The number of rotatable bonds is 3. The van der Waals surface area contributed by atoms with E-state index in [2.05, 4.69) is 23.3 Å². The summed E-state index contributed by atoms with van der Waals surface area (Å²) in [6.07, 6.45) is 0.221. The molecule has 0 aromatic carbocycles. The Morgan fingerprint density at radius 2 is 2.44 bits per heavy atom. The van der Waals surface area contributed by atoms with E-state index in [1.54, 1.807) is 0 Å². The van der Waals surface area contributed by atoms with Crippen LogP contribution in [-0.4, -0.2) is 37.2 Å². The van der Waals surface area contributed by atoms with E-state index in [0.717, 1.165) is 26.2 Å². The zero-order valence-corrected chi connectivity index (χ0v) is 11.1. The molecule has 2 N–H and O–H groups in total. The molecule has 1 saturated heterocycles. The Bertz CT molecular complexity index is 319. The van der Waals surface area contributed by atoms with E-state index in [1.165, 1.54) is 10.4 Å². The summed E-state index contributed by atoms with van der Waals surface area (Å²) in [5.74, 6) is 0. The van der Waals surface area contributed by atoms with Crippen LogP contribution in [0.25, 0.3) is 0 Å². The van der Waals surface area contributed by atoms with Crippen molar-refractivity contribution in [1.82, 2.24) is 4.90 Å². The summed E-state index contributed by atoms with van der Waals surface area (Å²) in [5, 5.41) is 2.16. The van der Waals surface area contributed by atoms with Crippen molar-refractivity contribution in [3.05, 3.63) is 21.9 Å². The lowest BCUT2D eigenvalue weighted by Crippen LogP contribution is -2.45. The molecule has 2 rings (SSSR count). The zero-order chi connectivity index (χ0) is 10.7. The number of aryl methyl sites for hydroxylation is 1. The minimum atomic E-state index is 0. The minimum Gasteiger partial charge on any atom is -0.374 e. The number of thiophene rings is 1. The van der Waals surface area contributed by atoms with Crippen molar-refractivity contribution in [3.8, 4) is 0 Å². The molecule has 0 bridgehead atoms. The van der Waals surface area contributed by atoms with Gasteiger partial charge in [0.15, 0.2) is 0 Å². The van der Waals surface area contributed by atoms with Crippen molar-refractivity contribution in [2.75, 3.05) is 26.2 Å². The molecule has 0 spiro atoms. The average molecular weight is 263 g/mol. The van der Waals surface area contributed by atoms with Crippen LogP contribution >= 0.6 is 23.7 Å². The fourth-order valence-electron chi connectivity index (χ4n) is 1.84. The second kappa shape index (κ2) is 6.57. The van der Waals surface area contributed by atoms with Gasteiger partial charge in [-0.2, -0.15) is 0 Å². The summed E-state index contributed by atoms with van der Waals surface area (Å²) in [6.45, 7) is 6.64. The van der Waals surface area contributed by atoms with Gasteiger partial charge >= 0.3 is 0 Å². The monoisotopic (exact) mass is 262 g/mol. The number of nitrogens with two attached hydrogens (primary N) is 1. The van der Waals surface area contributed by atoms with Crippen LogP contribution in [0.3, 0.4) is 0 Å². The third kappa shape index (κ3) is 3.43. The van der Waals surface area contributed by atoms with Crippen LogP contribution in [0.4, 0.5) is 0 Å². The molecule has 1 fully saturated rings. The predicted octanol–water partition coefficient (Wildman–Crippen LogP) is 1.64. The number of morpholine rings is 1. The Balaban J connectivity index is 0.00000128. The lowest BCUT2D eigenvalue weighted by Gasteiger charge is -2.32. The Kier molecular flexibility index (Phi) is 5.72. The highest BCUT2D eigenvalue weighted by molar-refractivity contribution is 7.10. The third-order valence-electron chi connectivity index (χ3n) is 2.82. The van der Waals surface area contributed by atoms with Crippen LogP contribution in [0.1, 0.15) is 10.4 Å². The maximum atomic E-state index is 5.62. The summed E-state index contributed by atoms with van der Waals surface area (Å²) >= 11 is 1.84. The molecule has 2 heterocycles. The van der Waals surface area contributed by atoms with Crippen molar-refractivity contribution in [3.63, 3.8) is 0 Å². The molecule has 1 aliphatic heterocycles. The Morgan fingerprint density at radius 1 is 1.62 bits per heavy atom. The minimum absolute atomic E-state index is 0. The first-order chi connectivity index (χ1) is 7.29. The fourth-order valence-corrected chi connectivity index (χ4v) is 2.78. The van der Waals surface area contributed by atoms with Gasteiger partial charge in [-0.3, -0.25) is 4.90 Å². The number of hydrogen-bond acceptors (Lipinski definition) is 4. The first-order valence-electron chi connectivity index (χ1n) is 5.36. The number of halogens is 1. The summed E-state index contributed by atoms with van der Waals surface area (Å²) in [6, 6.07) is 2.18. The second-order valence-electron chi connectivity index (χ2n) is 3.99. The third-order valence-corrected chi connectivity index (χ3v) is 3.83. The molecule has 1 aliphatic rings. The Labute approximate surface area is 107 Å². The van der Waals surface area contributed by atoms with E-state index in [4.69, 9.17) is 10.5 Å². The molecule has 5 heteroatoms. The van der Waals surface area contributed by atoms with Gasteiger partial charge in [-0.15, -0.1) is 23.7 Å². The first-order valence-corrected chi connectivity index (χ1v) is 6.24. The van der Waals surface area contributed by atoms with Gasteiger partial charge in [0.1, 0.15) is 0 Å². The highest BCUT2D eigenvalue weighted by Gasteiger charge is 2.19. The van der Waals surface area contributed by atoms with E-state index >= 15 is 0 Å². The SMILES string of the molecule is Cc1ccsc1CN1CCOC(CN)C1.Cl. The van der Waals surface area contributed by atoms with Gasteiger partial charge in [0.05, 0.1) is 12.7 Å². The van der Waals surface area contributed by atoms with Gasteiger partial charge in [-0.25, -0.2) is 0 Å². The van der Waals surface area contributed by atoms with Gasteiger partial charge in [0, 0.05) is 31.1 Å². The molecule has 1 aromatic heterocycles.